The lowest BCUT2D eigenvalue weighted by Gasteiger charge is -2.42. The van der Waals surface area contributed by atoms with E-state index in [4.69, 9.17) is 0 Å². The first kappa shape index (κ1) is 16.2. The van der Waals surface area contributed by atoms with Gasteiger partial charge in [0.2, 0.25) is 0 Å². The molecule has 1 aliphatic heterocycles. The van der Waals surface area contributed by atoms with Gasteiger partial charge in [0, 0.05) is 11.4 Å². The lowest BCUT2D eigenvalue weighted by molar-refractivity contribution is -0.130. The third-order valence-corrected chi connectivity index (χ3v) is 4.59. The fraction of sp³-hybridized carbons (Fsp3) is 0.300. The lowest BCUT2D eigenvalue weighted by Crippen LogP contribution is -2.63. The third-order valence-electron chi connectivity index (χ3n) is 4.59. The number of aryl methyl sites for hydroxylation is 2. The molecule has 3 rings (SSSR count). The monoisotopic (exact) mass is 322 g/mol. The van der Waals surface area contributed by atoms with Crippen LogP contribution in [0.1, 0.15) is 25.0 Å². The van der Waals surface area contributed by atoms with Crippen molar-refractivity contribution in [1.29, 1.82) is 0 Å². The van der Waals surface area contributed by atoms with Crippen LogP contribution in [-0.2, 0) is 9.59 Å². The molecule has 1 saturated heterocycles. The minimum absolute atomic E-state index is 0.0634. The Hall–Kier alpha value is -2.62. The van der Waals surface area contributed by atoms with Gasteiger partial charge in [0.1, 0.15) is 12.1 Å². The number of hydrogen-bond donors (Lipinski definition) is 0. The first-order chi connectivity index (χ1) is 11.4. The number of amides is 2. The van der Waals surface area contributed by atoms with Crippen molar-refractivity contribution in [3.8, 4) is 0 Å². The van der Waals surface area contributed by atoms with E-state index in [-0.39, 0.29) is 11.8 Å². The van der Waals surface area contributed by atoms with E-state index in [2.05, 4.69) is 0 Å². The molecule has 1 fully saturated rings. The number of rotatable bonds is 2. The number of nitrogens with zero attached hydrogens (tertiary/aromatic N) is 2. The molecule has 1 aliphatic rings. The van der Waals surface area contributed by atoms with Crippen molar-refractivity contribution in [3.05, 3.63) is 59.7 Å². The zero-order chi connectivity index (χ0) is 17.4. The summed E-state index contributed by atoms with van der Waals surface area (Å²) in [5.74, 6) is -0.127. The maximum absolute atomic E-state index is 12.9. The summed E-state index contributed by atoms with van der Waals surface area (Å²) in [5.41, 5.74) is 3.77. The van der Waals surface area contributed by atoms with Crippen LogP contribution in [0.3, 0.4) is 0 Å². The van der Waals surface area contributed by atoms with Crippen LogP contribution in [0.25, 0.3) is 0 Å². The van der Waals surface area contributed by atoms with E-state index in [9.17, 15) is 9.59 Å². The minimum Gasteiger partial charge on any atom is -0.298 e. The highest BCUT2D eigenvalue weighted by Gasteiger charge is 2.43. The van der Waals surface area contributed by atoms with Gasteiger partial charge in [-0.25, -0.2) is 0 Å². The summed E-state index contributed by atoms with van der Waals surface area (Å²) < 4.78 is 0. The minimum atomic E-state index is -0.530. The highest BCUT2D eigenvalue weighted by molar-refractivity contribution is 6.15. The van der Waals surface area contributed by atoms with Crippen molar-refractivity contribution in [2.45, 2.75) is 39.8 Å². The molecule has 0 aliphatic carbocycles. The van der Waals surface area contributed by atoms with Gasteiger partial charge >= 0.3 is 0 Å². The Morgan fingerprint density at radius 1 is 0.625 bits per heavy atom. The van der Waals surface area contributed by atoms with E-state index >= 15 is 0 Å². The number of hydrogen-bond acceptors (Lipinski definition) is 2. The van der Waals surface area contributed by atoms with Crippen LogP contribution >= 0.6 is 0 Å². The van der Waals surface area contributed by atoms with Gasteiger partial charge in [0.25, 0.3) is 11.8 Å². The third kappa shape index (κ3) is 2.68. The van der Waals surface area contributed by atoms with Crippen LogP contribution < -0.4 is 9.80 Å². The van der Waals surface area contributed by atoms with Crippen LogP contribution in [0.15, 0.2) is 48.5 Å². The molecule has 4 heteroatoms. The van der Waals surface area contributed by atoms with Crippen LogP contribution in [0.2, 0.25) is 0 Å². The van der Waals surface area contributed by atoms with Crippen molar-refractivity contribution in [1.82, 2.24) is 0 Å². The Labute approximate surface area is 142 Å². The summed E-state index contributed by atoms with van der Waals surface area (Å²) in [6.07, 6.45) is 0. The lowest BCUT2D eigenvalue weighted by atomic mass is 10.0. The fourth-order valence-corrected chi connectivity index (χ4v) is 3.12. The summed E-state index contributed by atoms with van der Waals surface area (Å²) in [5, 5.41) is 0. The molecule has 0 bridgehead atoms. The molecule has 124 valence electrons. The van der Waals surface area contributed by atoms with Crippen molar-refractivity contribution in [3.63, 3.8) is 0 Å². The first-order valence-corrected chi connectivity index (χ1v) is 8.19. The summed E-state index contributed by atoms with van der Waals surface area (Å²) in [6.45, 7) is 7.57. The summed E-state index contributed by atoms with van der Waals surface area (Å²) in [4.78, 5) is 29.1. The Morgan fingerprint density at radius 2 is 0.917 bits per heavy atom. The normalized spacial score (nSPS) is 21.3. The van der Waals surface area contributed by atoms with Crippen LogP contribution in [0, 0.1) is 13.8 Å². The summed E-state index contributed by atoms with van der Waals surface area (Å²) >= 11 is 0. The second-order valence-corrected chi connectivity index (χ2v) is 6.44. The molecular formula is C20H22N2O2. The predicted molar refractivity (Wildman–Crippen MR) is 96.3 cm³/mol. The average molecular weight is 322 g/mol. The van der Waals surface area contributed by atoms with Crippen molar-refractivity contribution < 1.29 is 9.59 Å². The maximum atomic E-state index is 12.9. The van der Waals surface area contributed by atoms with E-state index in [1.165, 1.54) is 0 Å². The molecule has 0 spiro atoms. The molecule has 2 aromatic carbocycles. The molecule has 0 N–H and O–H groups in total. The molecule has 4 nitrogen and oxygen atoms in total. The summed E-state index contributed by atoms with van der Waals surface area (Å²) in [7, 11) is 0. The van der Waals surface area contributed by atoms with E-state index in [1.54, 1.807) is 23.6 Å². The molecule has 0 aromatic heterocycles. The Bertz CT molecular complexity index is 698. The van der Waals surface area contributed by atoms with Crippen molar-refractivity contribution in [2.24, 2.45) is 0 Å². The molecule has 24 heavy (non-hydrogen) atoms. The van der Waals surface area contributed by atoms with Gasteiger partial charge in [-0.1, -0.05) is 35.4 Å². The van der Waals surface area contributed by atoms with Gasteiger partial charge in [-0.05, 0) is 52.0 Å². The van der Waals surface area contributed by atoms with E-state index in [1.807, 2.05) is 62.4 Å². The Balaban J connectivity index is 1.97. The van der Waals surface area contributed by atoms with Crippen molar-refractivity contribution in [2.75, 3.05) is 9.80 Å². The average Bonchev–Trinajstić information content (AvgIpc) is 2.57. The van der Waals surface area contributed by atoms with Crippen LogP contribution in [-0.4, -0.2) is 23.9 Å². The number of piperazine rings is 1. The first-order valence-electron chi connectivity index (χ1n) is 8.19. The zero-order valence-electron chi connectivity index (χ0n) is 14.5. The van der Waals surface area contributed by atoms with E-state index in [0.717, 1.165) is 22.5 Å². The Morgan fingerprint density at radius 3 is 1.21 bits per heavy atom. The molecule has 2 aromatic rings. The summed E-state index contributed by atoms with van der Waals surface area (Å²) in [6, 6.07) is 14.3. The van der Waals surface area contributed by atoms with Gasteiger partial charge < -0.3 is 0 Å². The van der Waals surface area contributed by atoms with E-state index < -0.39 is 12.1 Å². The van der Waals surface area contributed by atoms with Crippen LogP contribution in [0.4, 0.5) is 11.4 Å². The van der Waals surface area contributed by atoms with Crippen molar-refractivity contribution >= 4 is 23.2 Å². The largest absolute Gasteiger partial charge is 0.298 e. The molecular weight excluding hydrogens is 300 g/mol. The highest BCUT2D eigenvalue weighted by atomic mass is 16.2. The SMILES string of the molecule is Cc1ccc(N2C(=O)[C@@H](C)N(c3ccc(C)cc3)C(=O)[C@H]2C)cc1. The van der Waals surface area contributed by atoms with Gasteiger partial charge in [0.05, 0.1) is 0 Å². The quantitative estimate of drug-likeness (QED) is 0.849. The molecule has 0 unspecified atom stereocenters. The molecule has 0 saturated carbocycles. The number of benzene rings is 2. The second-order valence-electron chi connectivity index (χ2n) is 6.44. The van der Waals surface area contributed by atoms with Gasteiger partial charge in [0.15, 0.2) is 0 Å². The number of carbonyl (C=O) groups excluding carboxylic acids is 2. The molecule has 2 atom stereocenters. The molecule has 2 amide bonds. The molecule has 1 heterocycles. The number of carbonyl (C=O) groups is 2. The van der Waals surface area contributed by atoms with E-state index in [0.29, 0.717) is 0 Å². The van der Waals surface area contributed by atoms with Gasteiger partial charge in [-0.2, -0.15) is 0 Å². The van der Waals surface area contributed by atoms with Gasteiger partial charge in [-0.3, -0.25) is 19.4 Å². The Kier molecular flexibility index (Phi) is 4.14. The topological polar surface area (TPSA) is 40.6 Å². The second kappa shape index (κ2) is 6.11. The smallest absolute Gasteiger partial charge is 0.250 e. The van der Waals surface area contributed by atoms with Crippen LogP contribution in [0.5, 0.6) is 0 Å². The standard InChI is InChI=1S/C20H22N2O2/c1-13-5-9-17(10-6-13)21-15(3)20(24)22(16(4)19(21)23)18-11-7-14(2)8-12-18/h5-12,15-16H,1-4H3/t15-,16-/m1/s1. The number of anilines is 2. The fourth-order valence-electron chi connectivity index (χ4n) is 3.12. The predicted octanol–water partition coefficient (Wildman–Crippen LogP) is 3.46. The maximum Gasteiger partial charge on any atom is 0.250 e. The highest BCUT2D eigenvalue weighted by Crippen LogP contribution is 2.29. The molecule has 0 radical (unpaired) electrons. The van der Waals surface area contributed by atoms with Gasteiger partial charge in [-0.15, -0.1) is 0 Å². The zero-order valence-corrected chi connectivity index (χ0v) is 14.5.